The molecule has 0 atom stereocenters. The minimum Gasteiger partial charge on any atom is -0.488 e. The molecule has 0 amide bonds. The Hall–Kier alpha value is -1.25. The third-order valence-corrected chi connectivity index (χ3v) is 2.44. The second kappa shape index (κ2) is 3.48. The predicted molar refractivity (Wildman–Crippen MR) is 57.0 cm³/mol. The molecule has 0 radical (unpaired) electrons. The molecule has 2 rings (SSSR count). The van der Waals surface area contributed by atoms with Crippen LogP contribution in [0, 0.1) is 6.92 Å². The lowest BCUT2D eigenvalue weighted by Crippen LogP contribution is -2.11. The molecule has 0 aromatic carbocycles. The van der Waals surface area contributed by atoms with E-state index in [1.54, 1.807) is 6.20 Å². The van der Waals surface area contributed by atoms with Crippen molar-refractivity contribution in [2.75, 3.05) is 19.0 Å². The summed E-state index contributed by atoms with van der Waals surface area (Å²) in [6.45, 7) is 2.08. The van der Waals surface area contributed by atoms with Gasteiger partial charge in [-0.1, -0.05) is 0 Å². The van der Waals surface area contributed by atoms with Crippen molar-refractivity contribution in [2.24, 2.45) is 0 Å². The molecular formula is C11H16N2O. The van der Waals surface area contributed by atoms with Gasteiger partial charge in [-0.05, 0) is 19.8 Å². The van der Waals surface area contributed by atoms with E-state index in [2.05, 4.69) is 16.8 Å². The second-order valence-electron chi connectivity index (χ2n) is 3.99. The van der Waals surface area contributed by atoms with Gasteiger partial charge in [0.25, 0.3) is 0 Å². The molecule has 0 saturated heterocycles. The maximum atomic E-state index is 5.76. The van der Waals surface area contributed by atoms with E-state index in [9.17, 15) is 0 Å². The molecule has 0 bridgehead atoms. The zero-order valence-electron chi connectivity index (χ0n) is 8.95. The fraction of sp³-hybridized carbons (Fsp3) is 0.545. The monoisotopic (exact) mass is 192 g/mol. The average Bonchev–Trinajstić information content (AvgIpc) is 2.92. The summed E-state index contributed by atoms with van der Waals surface area (Å²) in [7, 11) is 4.04. The van der Waals surface area contributed by atoms with Crippen molar-refractivity contribution in [3.63, 3.8) is 0 Å². The van der Waals surface area contributed by atoms with E-state index in [1.165, 1.54) is 18.4 Å². The molecule has 1 aromatic heterocycles. The SMILES string of the molecule is Cc1c(OC2CC2)cncc1N(C)C. The van der Waals surface area contributed by atoms with Crippen molar-refractivity contribution >= 4 is 5.69 Å². The lowest BCUT2D eigenvalue weighted by Gasteiger charge is -2.17. The maximum absolute atomic E-state index is 5.76. The molecule has 1 fully saturated rings. The van der Waals surface area contributed by atoms with Crippen molar-refractivity contribution in [1.82, 2.24) is 4.98 Å². The Kier molecular flexibility index (Phi) is 2.32. The smallest absolute Gasteiger partial charge is 0.142 e. The Morgan fingerprint density at radius 1 is 1.36 bits per heavy atom. The number of nitrogens with zero attached hydrogens (tertiary/aromatic N) is 2. The van der Waals surface area contributed by atoms with Crippen LogP contribution >= 0.6 is 0 Å². The van der Waals surface area contributed by atoms with Crippen molar-refractivity contribution in [3.05, 3.63) is 18.0 Å². The van der Waals surface area contributed by atoms with Crippen LogP contribution in [0.5, 0.6) is 5.75 Å². The average molecular weight is 192 g/mol. The van der Waals surface area contributed by atoms with E-state index in [0.717, 1.165) is 11.4 Å². The van der Waals surface area contributed by atoms with Crippen molar-refractivity contribution < 1.29 is 4.74 Å². The van der Waals surface area contributed by atoms with Crippen LogP contribution in [-0.4, -0.2) is 25.2 Å². The highest BCUT2D eigenvalue weighted by molar-refractivity contribution is 5.55. The molecule has 0 unspecified atom stereocenters. The Morgan fingerprint density at radius 2 is 2.07 bits per heavy atom. The van der Waals surface area contributed by atoms with Crippen molar-refractivity contribution in [3.8, 4) is 5.75 Å². The van der Waals surface area contributed by atoms with E-state index in [0.29, 0.717) is 6.10 Å². The highest BCUT2D eigenvalue weighted by atomic mass is 16.5. The highest BCUT2D eigenvalue weighted by Crippen LogP contribution is 2.31. The summed E-state index contributed by atoms with van der Waals surface area (Å²) in [5.74, 6) is 0.929. The zero-order valence-corrected chi connectivity index (χ0v) is 8.95. The van der Waals surface area contributed by atoms with Gasteiger partial charge in [0.05, 0.1) is 24.2 Å². The summed E-state index contributed by atoms with van der Waals surface area (Å²) in [6, 6.07) is 0. The molecule has 0 N–H and O–H groups in total. The minimum atomic E-state index is 0.438. The number of anilines is 1. The van der Waals surface area contributed by atoms with Crippen LogP contribution < -0.4 is 9.64 Å². The fourth-order valence-electron chi connectivity index (χ4n) is 1.43. The predicted octanol–water partition coefficient (Wildman–Crippen LogP) is 2.00. The number of ether oxygens (including phenoxy) is 1. The molecule has 3 nitrogen and oxygen atoms in total. The Balaban J connectivity index is 2.25. The van der Waals surface area contributed by atoms with Gasteiger partial charge in [-0.25, -0.2) is 0 Å². The maximum Gasteiger partial charge on any atom is 0.142 e. The van der Waals surface area contributed by atoms with Crippen LogP contribution in [0.3, 0.4) is 0 Å². The second-order valence-corrected chi connectivity index (χ2v) is 3.99. The number of hydrogen-bond acceptors (Lipinski definition) is 3. The Labute approximate surface area is 84.7 Å². The lowest BCUT2D eigenvalue weighted by atomic mass is 10.2. The Morgan fingerprint density at radius 3 is 2.64 bits per heavy atom. The van der Waals surface area contributed by atoms with Gasteiger partial charge in [-0.3, -0.25) is 4.98 Å². The summed E-state index contributed by atoms with van der Waals surface area (Å²) >= 11 is 0. The van der Waals surface area contributed by atoms with E-state index in [-0.39, 0.29) is 0 Å². The molecule has 1 heterocycles. The first-order valence-electron chi connectivity index (χ1n) is 4.97. The third-order valence-electron chi connectivity index (χ3n) is 2.44. The molecule has 0 aliphatic heterocycles. The zero-order chi connectivity index (χ0) is 10.1. The van der Waals surface area contributed by atoms with E-state index >= 15 is 0 Å². The summed E-state index contributed by atoms with van der Waals surface area (Å²) in [6.07, 6.45) is 6.49. The van der Waals surface area contributed by atoms with E-state index in [1.807, 2.05) is 20.3 Å². The minimum absolute atomic E-state index is 0.438. The van der Waals surface area contributed by atoms with E-state index < -0.39 is 0 Å². The van der Waals surface area contributed by atoms with Crippen LogP contribution in [0.4, 0.5) is 5.69 Å². The van der Waals surface area contributed by atoms with E-state index in [4.69, 9.17) is 4.74 Å². The highest BCUT2D eigenvalue weighted by Gasteiger charge is 2.24. The quantitative estimate of drug-likeness (QED) is 0.732. The number of rotatable bonds is 3. The first-order valence-corrected chi connectivity index (χ1v) is 4.97. The van der Waals surface area contributed by atoms with Gasteiger partial charge in [0.2, 0.25) is 0 Å². The number of pyridine rings is 1. The largest absolute Gasteiger partial charge is 0.488 e. The summed E-state index contributed by atoms with van der Waals surface area (Å²) < 4.78 is 5.76. The van der Waals surface area contributed by atoms with Gasteiger partial charge in [0.1, 0.15) is 5.75 Å². The molecule has 1 saturated carbocycles. The molecule has 0 spiro atoms. The van der Waals surface area contributed by atoms with Crippen LogP contribution in [-0.2, 0) is 0 Å². The van der Waals surface area contributed by atoms with Gasteiger partial charge in [0.15, 0.2) is 0 Å². The Bertz CT molecular complexity index is 332. The van der Waals surface area contributed by atoms with Crippen LogP contribution in [0.25, 0.3) is 0 Å². The van der Waals surface area contributed by atoms with Crippen LogP contribution in [0.1, 0.15) is 18.4 Å². The standard InChI is InChI=1S/C11H16N2O/c1-8-10(13(2)3)6-12-7-11(8)14-9-4-5-9/h6-7,9H,4-5H2,1-3H3. The van der Waals surface area contributed by atoms with Gasteiger partial charge in [-0.2, -0.15) is 0 Å². The van der Waals surface area contributed by atoms with Crippen molar-refractivity contribution in [1.29, 1.82) is 0 Å². The van der Waals surface area contributed by atoms with Crippen LogP contribution in [0.2, 0.25) is 0 Å². The van der Waals surface area contributed by atoms with Gasteiger partial charge in [-0.15, -0.1) is 0 Å². The molecular weight excluding hydrogens is 176 g/mol. The molecule has 1 aromatic rings. The first-order chi connectivity index (χ1) is 6.68. The number of aromatic nitrogens is 1. The summed E-state index contributed by atoms with van der Waals surface area (Å²) in [5.41, 5.74) is 2.31. The number of hydrogen-bond donors (Lipinski definition) is 0. The molecule has 3 heteroatoms. The van der Waals surface area contributed by atoms with Gasteiger partial charge >= 0.3 is 0 Å². The summed E-state index contributed by atoms with van der Waals surface area (Å²) in [4.78, 5) is 6.24. The lowest BCUT2D eigenvalue weighted by molar-refractivity contribution is 0.300. The topological polar surface area (TPSA) is 25.4 Å². The van der Waals surface area contributed by atoms with Crippen molar-refractivity contribution in [2.45, 2.75) is 25.9 Å². The normalized spacial score (nSPS) is 15.4. The molecule has 76 valence electrons. The third kappa shape index (κ3) is 1.81. The summed E-state index contributed by atoms with van der Waals surface area (Å²) in [5, 5.41) is 0. The molecule has 14 heavy (non-hydrogen) atoms. The molecule has 1 aliphatic rings. The van der Waals surface area contributed by atoms with Crippen LogP contribution in [0.15, 0.2) is 12.4 Å². The molecule has 1 aliphatic carbocycles. The van der Waals surface area contributed by atoms with Gasteiger partial charge in [0, 0.05) is 19.7 Å². The first kappa shape index (κ1) is 9.31. The fourth-order valence-corrected chi connectivity index (χ4v) is 1.43. The van der Waals surface area contributed by atoms with Gasteiger partial charge < -0.3 is 9.64 Å².